The summed E-state index contributed by atoms with van der Waals surface area (Å²) in [7, 11) is 0. The van der Waals surface area contributed by atoms with Crippen molar-refractivity contribution < 1.29 is 0 Å². The average molecular weight is 292 g/mol. The molecule has 0 heterocycles. The molecule has 0 amide bonds. The Hall–Kier alpha value is -1.02. The zero-order valence-electron chi connectivity index (χ0n) is 10.5. The second kappa shape index (κ2) is 5.54. The van der Waals surface area contributed by atoms with Gasteiger partial charge >= 0.3 is 0 Å². The average Bonchev–Trinajstić information content (AvgIpc) is 3.21. The zero-order chi connectivity index (χ0) is 13.2. The van der Waals surface area contributed by atoms with Crippen molar-refractivity contribution in [2.75, 3.05) is 0 Å². The van der Waals surface area contributed by atoms with Gasteiger partial charge in [-0.2, -0.15) is 0 Å². The molecule has 3 heteroatoms. The molecule has 1 saturated carbocycles. The van der Waals surface area contributed by atoms with Crippen molar-refractivity contribution in [2.24, 2.45) is 0 Å². The largest absolute Gasteiger partial charge is 0.310 e. The Bertz CT molecular complexity index is 574. The highest BCUT2D eigenvalue weighted by Crippen LogP contribution is 2.30. The number of benzene rings is 2. The highest BCUT2D eigenvalue weighted by atomic mass is 35.5. The molecule has 1 aliphatic carbocycles. The molecular formula is C16H15Cl2N. The van der Waals surface area contributed by atoms with E-state index in [9.17, 15) is 0 Å². The van der Waals surface area contributed by atoms with Gasteiger partial charge in [0.15, 0.2) is 0 Å². The first-order chi connectivity index (χ1) is 9.22. The van der Waals surface area contributed by atoms with Crippen LogP contribution in [0.5, 0.6) is 0 Å². The second-order valence-corrected chi connectivity index (χ2v) is 5.82. The first-order valence-electron chi connectivity index (χ1n) is 6.50. The summed E-state index contributed by atoms with van der Waals surface area (Å²) < 4.78 is 0. The molecule has 0 unspecified atom stereocenters. The molecule has 0 radical (unpaired) electrons. The van der Waals surface area contributed by atoms with Gasteiger partial charge in [0.1, 0.15) is 0 Å². The Kier molecular flexibility index (Phi) is 3.79. The minimum Gasteiger partial charge on any atom is -0.310 e. The Morgan fingerprint density at radius 3 is 2.37 bits per heavy atom. The summed E-state index contributed by atoms with van der Waals surface area (Å²) in [4.78, 5) is 0. The number of halogens is 2. The van der Waals surface area contributed by atoms with Gasteiger partial charge in [-0.25, -0.2) is 0 Å². The van der Waals surface area contributed by atoms with E-state index in [1.165, 1.54) is 18.4 Å². The maximum Gasteiger partial charge on any atom is 0.0499 e. The molecule has 1 nitrogen and oxygen atoms in total. The summed E-state index contributed by atoms with van der Waals surface area (Å²) >= 11 is 12.1. The maximum absolute atomic E-state index is 6.22. The van der Waals surface area contributed by atoms with Crippen LogP contribution in [0.15, 0.2) is 42.5 Å². The molecule has 0 bridgehead atoms. The standard InChI is InChI=1S/C16H15Cl2N/c17-13-5-8-15(16(18)9-13)12-3-1-11(2-4-12)10-19-14-6-7-14/h1-5,8-9,14,19H,6-7,10H2. The van der Waals surface area contributed by atoms with Crippen LogP contribution in [0.2, 0.25) is 10.0 Å². The van der Waals surface area contributed by atoms with E-state index >= 15 is 0 Å². The van der Waals surface area contributed by atoms with Crippen molar-refractivity contribution in [3.05, 3.63) is 58.1 Å². The summed E-state index contributed by atoms with van der Waals surface area (Å²) in [6.07, 6.45) is 2.64. The molecule has 3 rings (SSSR count). The Morgan fingerprint density at radius 1 is 1.00 bits per heavy atom. The third kappa shape index (κ3) is 3.30. The predicted octanol–water partition coefficient (Wildman–Crippen LogP) is 4.91. The van der Waals surface area contributed by atoms with E-state index in [-0.39, 0.29) is 0 Å². The van der Waals surface area contributed by atoms with Crippen LogP contribution in [0, 0.1) is 0 Å². The van der Waals surface area contributed by atoms with Crippen molar-refractivity contribution in [3.63, 3.8) is 0 Å². The molecule has 0 spiro atoms. The smallest absolute Gasteiger partial charge is 0.0499 e. The van der Waals surface area contributed by atoms with Crippen molar-refractivity contribution in [2.45, 2.75) is 25.4 Å². The summed E-state index contributed by atoms with van der Waals surface area (Å²) in [5.74, 6) is 0. The third-order valence-corrected chi connectivity index (χ3v) is 3.92. The summed E-state index contributed by atoms with van der Waals surface area (Å²) in [5.41, 5.74) is 3.45. The van der Waals surface area contributed by atoms with E-state index in [2.05, 4.69) is 29.6 Å². The topological polar surface area (TPSA) is 12.0 Å². The molecule has 0 aliphatic heterocycles. The normalized spacial score (nSPS) is 14.6. The molecule has 1 fully saturated rings. The maximum atomic E-state index is 6.22. The molecule has 98 valence electrons. The van der Waals surface area contributed by atoms with E-state index in [1.54, 1.807) is 6.07 Å². The predicted molar refractivity (Wildman–Crippen MR) is 81.8 cm³/mol. The minimum absolute atomic E-state index is 0.666. The molecule has 0 atom stereocenters. The number of rotatable bonds is 4. The molecule has 0 saturated heterocycles. The molecular weight excluding hydrogens is 277 g/mol. The van der Waals surface area contributed by atoms with Gasteiger partial charge in [-0.05, 0) is 36.1 Å². The van der Waals surface area contributed by atoms with Crippen LogP contribution in [0.4, 0.5) is 0 Å². The van der Waals surface area contributed by atoms with Gasteiger partial charge in [0, 0.05) is 28.2 Å². The van der Waals surface area contributed by atoms with Crippen LogP contribution in [-0.2, 0) is 6.54 Å². The lowest BCUT2D eigenvalue weighted by Gasteiger charge is -2.07. The lowest BCUT2D eigenvalue weighted by Crippen LogP contribution is -2.14. The molecule has 2 aromatic carbocycles. The van der Waals surface area contributed by atoms with Crippen molar-refractivity contribution in [1.82, 2.24) is 5.32 Å². The quantitative estimate of drug-likeness (QED) is 0.844. The van der Waals surface area contributed by atoms with E-state index in [4.69, 9.17) is 23.2 Å². The van der Waals surface area contributed by atoms with Gasteiger partial charge in [0.25, 0.3) is 0 Å². The van der Waals surface area contributed by atoms with Gasteiger partial charge in [0.05, 0.1) is 0 Å². The minimum atomic E-state index is 0.666. The van der Waals surface area contributed by atoms with Crippen LogP contribution in [0.3, 0.4) is 0 Å². The summed E-state index contributed by atoms with van der Waals surface area (Å²) in [5, 5.41) is 4.86. The lowest BCUT2D eigenvalue weighted by molar-refractivity contribution is 0.688. The zero-order valence-corrected chi connectivity index (χ0v) is 12.0. The van der Waals surface area contributed by atoms with Crippen LogP contribution < -0.4 is 5.32 Å². The Morgan fingerprint density at radius 2 is 1.74 bits per heavy atom. The summed E-state index contributed by atoms with van der Waals surface area (Å²) in [6.45, 7) is 0.944. The highest BCUT2D eigenvalue weighted by molar-refractivity contribution is 6.36. The first kappa shape index (κ1) is 13.0. The van der Waals surface area contributed by atoms with E-state index in [1.807, 2.05) is 12.1 Å². The lowest BCUT2D eigenvalue weighted by atomic mass is 10.0. The molecule has 1 N–H and O–H groups in total. The van der Waals surface area contributed by atoms with Gasteiger partial charge in [0.2, 0.25) is 0 Å². The summed E-state index contributed by atoms with van der Waals surface area (Å²) in [6, 6.07) is 14.9. The number of hydrogen-bond acceptors (Lipinski definition) is 1. The van der Waals surface area contributed by atoms with Crippen LogP contribution in [0.1, 0.15) is 18.4 Å². The van der Waals surface area contributed by atoms with Crippen molar-refractivity contribution >= 4 is 23.2 Å². The monoisotopic (exact) mass is 291 g/mol. The molecule has 1 aliphatic rings. The Labute approximate surface area is 123 Å². The van der Waals surface area contributed by atoms with Crippen LogP contribution in [0.25, 0.3) is 11.1 Å². The molecule has 19 heavy (non-hydrogen) atoms. The first-order valence-corrected chi connectivity index (χ1v) is 7.26. The van der Waals surface area contributed by atoms with E-state index < -0.39 is 0 Å². The van der Waals surface area contributed by atoms with Gasteiger partial charge in [-0.15, -0.1) is 0 Å². The van der Waals surface area contributed by atoms with Gasteiger partial charge in [-0.3, -0.25) is 0 Å². The molecule has 0 aromatic heterocycles. The Balaban J connectivity index is 1.76. The van der Waals surface area contributed by atoms with Crippen LogP contribution in [-0.4, -0.2) is 6.04 Å². The van der Waals surface area contributed by atoms with E-state index in [0.717, 1.165) is 23.7 Å². The van der Waals surface area contributed by atoms with Crippen molar-refractivity contribution in [1.29, 1.82) is 0 Å². The fourth-order valence-corrected chi connectivity index (χ4v) is 2.59. The van der Waals surface area contributed by atoms with E-state index in [0.29, 0.717) is 10.0 Å². The number of nitrogens with one attached hydrogen (secondary N) is 1. The SMILES string of the molecule is Clc1ccc(-c2ccc(CNC3CC3)cc2)c(Cl)c1. The van der Waals surface area contributed by atoms with Gasteiger partial charge < -0.3 is 5.32 Å². The van der Waals surface area contributed by atoms with Crippen molar-refractivity contribution in [3.8, 4) is 11.1 Å². The fourth-order valence-electron chi connectivity index (χ4n) is 2.08. The van der Waals surface area contributed by atoms with Gasteiger partial charge in [-0.1, -0.05) is 53.5 Å². The number of hydrogen-bond donors (Lipinski definition) is 1. The fraction of sp³-hybridized carbons (Fsp3) is 0.250. The van der Waals surface area contributed by atoms with Crippen LogP contribution >= 0.6 is 23.2 Å². The highest BCUT2D eigenvalue weighted by Gasteiger charge is 2.19. The third-order valence-electron chi connectivity index (χ3n) is 3.37. The second-order valence-electron chi connectivity index (χ2n) is 4.98. The molecule has 2 aromatic rings.